The van der Waals surface area contributed by atoms with E-state index in [9.17, 15) is 13.6 Å². The summed E-state index contributed by atoms with van der Waals surface area (Å²) < 4.78 is 36.5. The van der Waals surface area contributed by atoms with Crippen LogP contribution in [-0.2, 0) is 9.53 Å². The van der Waals surface area contributed by atoms with Gasteiger partial charge in [-0.3, -0.25) is 4.79 Å². The molecule has 0 bridgehead atoms. The molecule has 0 aliphatic rings. The SMILES string of the molecule is COCCOc1ccc(F)cc1NC(=O)/C=C/c1ccc(F)cc1. The molecule has 0 saturated heterocycles. The fourth-order valence-corrected chi connectivity index (χ4v) is 1.88. The van der Waals surface area contributed by atoms with E-state index in [0.717, 1.165) is 0 Å². The number of rotatable bonds is 7. The summed E-state index contributed by atoms with van der Waals surface area (Å²) in [5.41, 5.74) is 0.891. The number of hydrogen-bond acceptors (Lipinski definition) is 3. The Morgan fingerprint density at radius 1 is 1.08 bits per heavy atom. The van der Waals surface area contributed by atoms with Gasteiger partial charge in [-0.1, -0.05) is 12.1 Å². The third kappa shape index (κ3) is 5.48. The lowest BCUT2D eigenvalue weighted by Gasteiger charge is -2.11. The predicted molar refractivity (Wildman–Crippen MR) is 87.8 cm³/mol. The fourth-order valence-electron chi connectivity index (χ4n) is 1.88. The number of benzene rings is 2. The van der Waals surface area contributed by atoms with E-state index < -0.39 is 11.7 Å². The summed E-state index contributed by atoms with van der Waals surface area (Å²) in [7, 11) is 1.54. The number of nitrogens with one attached hydrogen (secondary N) is 1. The van der Waals surface area contributed by atoms with Gasteiger partial charge in [-0.2, -0.15) is 0 Å². The van der Waals surface area contributed by atoms with E-state index in [2.05, 4.69) is 5.32 Å². The Morgan fingerprint density at radius 2 is 1.79 bits per heavy atom. The second kappa shape index (κ2) is 8.79. The molecule has 4 nitrogen and oxygen atoms in total. The average Bonchev–Trinajstić information content (AvgIpc) is 2.56. The first-order chi connectivity index (χ1) is 11.6. The van der Waals surface area contributed by atoms with E-state index >= 15 is 0 Å². The predicted octanol–water partition coefficient (Wildman–Crippen LogP) is 3.64. The summed E-state index contributed by atoms with van der Waals surface area (Å²) in [6.07, 6.45) is 2.80. The van der Waals surface area contributed by atoms with Gasteiger partial charge < -0.3 is 14.8 Å². The van der Waals surface area contributed by atoms with Gasteiger partial charge in [-0.05, 0) is 35.9 Å². The number of methoxy groups -OCH3 is 1. The Balaban J connectivity index is 2.04. The fraction of sp³-hybridized carbons (Fsp3) is 0.167. The number of carbonyl (C=O) groups excluding carboxylic acids is 1. The van der Waals surface area contributed by atoms with Crippen LogP contribution >= 0.6 is 0 Å². The first-order valence-corrected chi connectivity index (χ1v) is 7.24. The number of ether oxygens (including phenoxy) is 2. The summed E-state index contributed by atoms with van der Waals surface area (Å²) in [5.74, 6) is -0.959. The Kier molecular flexibility index (Phi) is 6.45. The van der Waals surface area contributed by atoms with E-state index in [0.29, 0.717) is 17.9 Å². The maximum Gasteiger partial charge on any atom is 0.248 e. The summed E-state index contributed by atoms with van der Waals surface area (Å²) in [6, 6.07) is 9.53. The number of halogens is 2. The summed E-state index contributed by atoms with van der Waals surface area (Å²) in [5, 5.41) is 2.55. The third-order valence-electron chi connectivity index (χ3n) is 3.04. The minimum absolute atomic E-state index is 0.222. The van der Waals surface area contributed by atoms with Crippen molar-refractivity contribution in [2.45, 2.75) is 0 Å². The van der Waals surface area contributed by atoms with Crippen molar-refractivity contribution in [2.24, 2.45) is 0 Å². The minimum Gasteiger partial charge on any atom is -0.489 e. The molecule has 0 radical (unpaired) electrons. The lowest BCUT2D eigenvalue weighted by molar-refractivity contribution is -0.111. The summed E-state index contributed by atoms with van der Waals surface area (Å²) in [4.78, 5) is 12.0. The molecule has 0 spiro atoms. The minimum atomic E-state index is -0.494. The molecule has 126 valence electrons. The highest BCUT2D eigenvalue weighted by atomic mass is 19.1. The first-order valence-electron chi connectivity index (χ1n) is 7.24. The second-order valence-corrected chi connectivity index (χ2v) is 4.86. The van der Waals surface area contributed by atoms with Gasteiger partial charge in [0.1, 0.15) is 24.0 Å². The molecule has 2 rings (SSSR count). The van der Waals surface area contributed by atoms with Crippen LogP contribution in [0.4, 0.5) is 14.5 Å². The molecule has 24 heavy (non-hydrogen) atoms. The quantitative estimate of drug-likeness (QED) is 0.622. The van der Waals surface area contributed by atoms with Crippen molar-refractivity contribution in [1.82, 2.24) is 0 Å². The molecule has 0 aromatic heterocycles. The van der Waals surface area contributed by atoms with Crippen LogP contribution in [0.2, 0.25) is 0 Å². The molecule has 2 aromatic carbocycles. The van der Waals surface area contributed by atoms with Gasteiger partial charge in [0.2, 0.25) is 5.91 Å². The smallest absolute Gasteiger partial charge is 0.248 e. The van der Waals surface area contributed by atoms with Crippen molar-refractivity contribution in [1.29, 1.82) is 0 Å². The number of amides is 1. The number of hydrogen-bond donors (Lipinski definition) is 1. The number of carbonyl (C=O) groups is 1. The lowest BCUT2D eigenvalue weighted by Crippen LogP contribution is -2.11. The van der Waals surface area contributed by atoms with Crippen LogP contribution in [-0.4, -0.2) is 26.2 Å². The second-order valence-electron chi connectivity index (χ2n) is 4.86. The Bertz CT molecular complexity index is 715. The van der Waals surface area contributed by atoms with Crippen molar-refractivity contribution < 1.29 is 23.0 Å². The van der Waals surface area contributed by atoms with Crippen LogP contribution < -0.4 is 10.1 Å². The molecule has 0 atom stereocenters. The molecule has 6 heteroatoms. The van der Waals surface area contributed by atoms with Gasteiger partial charge >= 0.3 is 0 Å². The molecule has 0 saturated carbocycles. The van der Waals surface area contributed by atoms with Crippen LogP contribution in [0, 0.1) is 11.6 Å². The van der Waals surface area contributed by atoms with Crippen LogP contribution in [0.1, 0.15) is 5.56 Å². The molecule has 0 heterocycles. The average molecular weight is 333 g/mol. The van der Waals surface area contributed by atoms with Gasteiger partial charge in [-0.15, -0.1) is 0 Å². The van der Waals surface area contributed by atoms with Gasteiger partial charge in [0.15, 0.2) is 0 Å². The summed E-state index contributed by atoms with van der Waals surface area (Å²) >= 11 is 0. The Labute approximate surface area is 138 Å². The van der Waals surface area contributed by atoms with E-state index in [4.69, 9.17) is 9.47 Å². The van der Waals surface area contributed by atoms with Crippen LogP contribution in [0.3, 0.4) is 0 Å². The van der Waals surface area contributed by atoms with Crippen molar-refractivity contribution in [3.05, 3.63) is 65.7 Å². The standard InChI is InChI=1S/C18H17F2NO3/c1-23-10-11-24-17-8-7-15(20)12-16(17)21-18(22)9-4-13-2-5-14(19)6-3-13/h2-9,12H,10-11H2,1H3,(H,21,22)/b9-4+. The molecule has 0 aliphatic carbocycles. The van der Waals surface area contributed by atoms with Crippen molar-refractivity contribution in [3.8, 4) is 5.75 Å². The van der Waals surface area contributed by atoms with Crippen molar-refractivity contribution in [3.63, 3.8) is 0 Å². The lowest BCUT2D eigenvalue weighted by atomic mass is 10.2. The van der Waals surface area contributed by atoms with E-state index in [1.807, 2.05) is 0 Å². The molecular formula is C18H17F2NO3. The zero-order valence-electron chi connectivity index (χ0n) is 13.1. The van der Waals surface area contributed by atoms with Crippen LogP contribution in [0.25, 0.3) is 6.08 Å². The monoisotopic (exact) mass is 333 g/mol. The molecule has 1 N–H and O–H groups in total. The molecule has 0 unspecified atom stereocenters. The molecular weight excluding hydrogens is 316 g/mol. The van der Waals surface area contributed by atoms with Crippen molar-refractivity contribution in [2.75, 3.05) is 25.6 Å². The first kappa shape index (κ1) is 17.6. The maximum absolute atomic E-state index is 13.4. The van der Waals surface area contributed by atoms with Crippen LogP contribution in [0.15, 0.2) is 48.5 Å². The third-order valence-corrected chi connectivity index (χ3v) is 3.04. The van der Waals surface area contributed by atoms with E-state index in [1.165, 1.54) is 49.6 Å². The topological polar surface area (TPSA) is 47.6 Å². The van der Waals surface area contributed by atoms with Crippen LogP contribution in [0.5, 0.6) is 5.75 Å². The normalized spacial score (nSPS) is 10.8. The molecule has 1 amide bonds. The highest BCUT2D eigenvalue weighted by Crippen LogP contribution is 2.25. The molecule has 0 fully saturated rings. The maximum atomic E-state index is 13.4. The highest BCUT2D eigenvalue weighted by molar-refractivity contribution is 6.02. The van der Waals surface area contributed by atoms with Gasteiger partial charge in [0.25, 0.3) is 0 Å². The zero-order valence-corrected chi connectivity index (χ0v) is 13.1. The Hall–Kier alpha value is -2.73. The van der Waals surface area contributed by atoms with Gasteiger partial charge in [-0.25, -0.2) is 8.78 Å². The van der Waals surface area contributed by atoms with Gasteiger partial charge in [0.05, 0.1) is 12.3 Å². The molecule has 2 aromatic rings. The zero-order chi connectivity index (χ0) is 17.4. The Morgan fingerprint density at radius 3 is 2.50 bits per heavy atom. The highest BCUT2D eigenvalue weighted by Gasteiger charge is 2.08. The van der Waals surface area contributed by atoms with E-state index in [-0.39, 0.29) is 18.1 Å². The number of anilines is 1. The van der Waals surface area contributed by atoms with Gasteiger partial charge in [0, 0.05) is 19.3 Å². The van der Waals surface area contributed by atoms with E-state index in [1.54, 1.807) is 12.1 Å². The summed E-state index contributed by atoms with van der Waals surface area (Å²) in [6.45, 7) is 0.644. The largest absolute Gasteiger partial charge is 0.489 e. The molecule has 0 aliphatic heterocycles. The van der Waals surface area contributed by atoms with Crippen molar-refractivity contribution >= 4 is 17.7 Å².